The van der Waals surface area contributed by atoms with Crippen LogP contribution in [-0.4, -0.2) is 37.2 Å². The Morgan fingerprint density at radius 2 is 2.33 bits per heavy atom. The molecule has 18 heavy (non-hydrogen) atoms. The number of ether oxygens (including phenoxy) is 1. The largest absolute Gasteiger partial charge is 0.468 e. The molecule has 0 spiro atoms. The summed E-state index contributed by atoms with van der Waals surface area (Å²) in [6.45, 7) is 7.92. The fourth-order valence-electron chi connectivity index (χ4n) is 2.52. The maximum absolute atomic E-state index is 5.72. The molecule has 2 rings (SSSR count). The van der Waals surface area contributed by atoms with Crippen molar-refractivity contribution in [2.24, 2.45) is 0 Å². The lowest BCUT2D eigenvalue weighted by Crippen LogP contribution is -2.47. The molecule has 1 fully saturated rings. The first kappa shape index (κ1) is 13.6. The Hall–Kier alpha value is -0.840. The number of hydrogen-bond acceptors (Lipinski definition) is 4. The van der Waals surface area contributed by atoms with E-state index in [1.165, 1.54) is 5.56 Å². The van der Waals surface area contributed by atoms with Crippen LogP contribution in [0, 0.1) is 0 Å². The van der Waals surface area contributed by atoms with Gasteiger partial charge in [0.25, 0.3) is 0 Å². The SMILES string of the molecule is CCC1COC(C)CN1Cc1occc1CNC. The highest BCUT2D eigenvalue weighted by molar-refractivity contribution is 5.17. The zero-order chi connectivity index (χ0) is 13.0. The third kappa shape index (κ3) is 3.13. The smallest absolute Gasteiger partial charge is 0.122 e. The summed E-state index contributed by atoms with van der Waals surface area (Å²) >= 11 is 0. The Morgan fingerprint density at radius 1 is 1.50 bits per heavy atom. The second-order valence-corrected chi connectivity index (χ2v) is 5.03. The minimum atomic E-state index is 0.315. The minimum absolute atomic E-state index is 0.315. The van der Waals surface area contributed by atoms with Gasteiger partial charge in [-0.2, -0.15) is 0 Å². The molecule has 1 N–H and O–H groups in total. The lowest BCUT2D eigenvalue weighted by molar-refractivity contribution is -0.0611. The van der Waals surface area contributed by atoms with E-state index in [4.69, 9.17) is 9.15 Å². The van der Waals surface area contributed by atoms with Gasteiger partial charge < -0.3 is 14.5 Å². The Balaban J connectivity index is 2.03. The van der Waals surface area contributed by atoms with Gasteiger partial charge in [0.1, 0.15) is 5.76 Å². The van der Waals surface area contributed by atoms with Crippen molar-refractivity contribution in [1.29, 1.82) is 0 Å². The molecule has 0 amide bonds. The van der Waals surface area contributed by atoms with Crippen molar-refractivity contribution in [1.82, 2.24) is 10.2 Å². The monoisotopic (exact) mass is 252 g/mol. The molecule has 1 aromatic heterocycles. The molecule has 4 heteroatoms. The van der Waals surface area contributed by atoms with Gasteiger partial charge in [0.2, 0.25) is 0 Å². The van der Waals surface area contributed by atoms with Crippen LogP contribution in [0.1, 0.15) is 31.6 Å². The molecule has 1 aliphatic heterocycles. The Kier molecular flexibility index (Phi) is 4.80. The van der Waals surface area contributed by atoms with E-state index in [1.54, 1.807) is 6.26 Å². The summed E-state index contributed by atoms with van der Waals surface area (Å²) < 4.78 is 11.3. The second kappa shape index (κ2) is 6.36. The van der Waals surface area contributed by atoms with Crippen LogP contribution in [0.5, 0.6) is 0 Å². The minimum Gasteiger partial charge on any atom is -0.468 e. The zero-order valence-electron chi connectivity index (χ0n) is 11.6. The summed E-state index contributed by atoms with van der Waals surface area (Å²) in [4.78, 5) is 2.48. The first-order chi connectivity index (χ1) is 8.74. The number of rotatable bonds is 5. The fourth-order valence-corrected chi connectivity index (χ4v) is 2.52. The van der Waals surface area contributed by atoms with E-state index < -0.39 is 0 Å². The Labute approximate surface area is 109 Å². The summed E-state index contributed by atoms with van der Waals surface area (Å²) in [5.41, 5.74) is 1.26. The van der Waals surface area contributed by atoms with Gasteiger partial charge in [-0.15, -0.1) is 0 Å². The summed E-state index contributed by atoms with van der Waals surface area (Å²) in [5, 5.41) is 3.18. The fraction of sp³-hybridized carbons (Fsp3) is 0.714. The van der Waals surface area contributed by atoms with Crippen LogP contribution < -0.4 is 5.32 Å². The highest BCUT2D eigenvalue weighted by atomic mass is 16.5. The first-order valence-corrected chi connectivity index (χ1v) is 6.80. The predicted molar refractivity (Wildman–Crippen MR) is 71.4 cm³/mol. The zero-order valence-corrected chi connectivity index (χ0v) is 11.6. The summed E-state index contributed by atoms with van der Waals surface area (Å²) in [5.74, 6) is 1.08. The van der Waals surface area contributed by atoms with Crippen LogP contribution in [0.4, 0.5) is 0 Å². The van der Waals surface area contributed by atoms with Crippen LogP contribution >= 0.6 is 0 Å². The van der Waals surface area contributed by atoms with E-state index in [1.807, 2.05) is 7.05 Å². The van der Waals surface area contributed by atoms with Crippen LogP contribution in [0.15, 0.2) is 16.7 Å². The van der Waals surface area contributed by atoms with Crippen LogP contribution in [0.25, 0.3) is 0 Å². The predicted octanol–water partition coefficient (Wildman–Crippen LogP) is 2.00. The number of furan rings is 1. The van der Waals surface area contributed by atoms with Crippen molar-refractivity contribution in [2.75, 3.05) is 20.2 Å². The molecule has 2 unspecified atom stereocenters. The molecule has 0 radical (unpaired) electrons. The molecular weight excluding hydrogens is 228 g/mol. The Morgan fingerprint density at radius 3 is 3.06 bits per heavy atom. The normalized spacial score (nSPS) is 25.5. The van der Waals surface area contributed by atoms with Gasteiger partial charge in [0, 0.05) is 24.7 Å². The second-order valence-electron chi connectivity index (χ2n) is 5.03. The van der Waals surface area contributed by atoms with Crippen molar-refractivity contribution in [3.05, 3.63) is 23.7 Å². The van der Waals surface area contributed by atoms with Crippen molar-refractivity contribution in [3.8, 4) is 0 Å². The third-order valence-corrected chi connectivity index (χ3v) is 3.60. The average Bonchev–Trinajstić information content (AvgIpc) is 2.78. The van der Waals surface area contributed by atoms with Crippen molar-refractivity contribution in [2.45, 2.75) is 45.5 Å². The molecular formula is C14H24N2O2. The Bertz CT molecular complexity index is 364. The van der Waals surface area contributed by atoms with E-state index in [-0.39, 0.29) is 0 Å². The summed E-state index contributed by atoms with van der Waals surface area (Å²) in [7, 11) is 1.96. The average molecular weight is 252 g/mol. The molecule has 2 atom stereocenters. The molecule has 0 aromatic carbocycles. The van der Waals surface area contributed by atoms with Crippen molar-refractivity contribution < 1.29 is 9.15 Å². The number of nitrogens with one attached hydrogen (secondary N) is 1. The first-order valence-electron chi connectivity index (χ1n) is 6.80. The lowest BCUT2D eigenvalue weighted by atomic mass is 10.1. The molecule has 102 valence electrons. The topological polar surface area (TPSA) is 37.6 Å². The highest BCUT2D eigenvalue weighted by Gasteiger charge is 2.26. The molecule has 0 aliphatic carbocycles. The molecule has 1 saturated heterocycles. The van der Waals surface area contributed by atoms with E-state index in [9.17, 15) is 0 Å². The lowest BCUT2D eigenvalue weighted by Gasteiger charge is -2.37. The molecule has 1 aromatic rings. The van der Waals surface area contributed by atoms with Gasteiger partial charge >= 0.3 is 0 Å². The summed E-state index contributed by atoms with van der Waals surface area (Å²) in [6.07, 6.45) is 3.22. The standard InChI is InChI=1S/C14H24N2O2/c1-4-13-10-18-11(2)8-16(13)9-14-12(7-15-3)5-6-17-14/h5-6,11,13,15H,4,7-10H2,1-3H3. The molecule has 0 bridgehead atoms. The molecule has 2 heterocycles. The van der Waals surface area contributed by atoms with Gasteiger partial charge in [-0.25, -0.2) is 0 Å². The molecule has 0 saturated carbocycles. The van der Waals surface area contributed by atoms with E-state index in [0.29, 0.717) is 12.1 Å². The quantitative estimate of drug-likeness (QED) is 0.870. The van der Waals surface area contributed by atoms with Crippen molar-refractivity contribution in [3.63, 3.8) is 0 Å². The van der Waals surface area contributed by atoms with Crippen molar-refractivity contribution >= 4 is 0 Å². The summed E-state index contributed by atoms with van der Waals surface area (Å²) in [6, 6.07) is 2.56. The number of hydrogen-bond donors (Lipinski definition) is 1. The van der Waals surface area contributed by atoms with Crippen LogP contribution in [0.2, 0.25) is 0 Å². The maximum atomic E-state index is 5.72. The van der Waals surface area contributed by atoms with Gasteiger partial charge in [0.15, 0.2) is 0 Å². The molecule has 4 nitrogen and oxygen atoms in total. The number of nitrogens with zero attached hydrogens (tertiary/aromatic N) is 1. The van der Waals surface area contributed by atoms with Gasteiger partial charge in [0.05, 0.1) is 25.5 Å². The number of morpholine rings is 1. The van der Waals surface area contributed by atoms with Gasteiger partial charge in [-0.05, 0) is 26.5 Å². The third-order valence-electron chi connectivity index (χ3n) is 3.60. The van der Waals surface area contributed by atoms with Gasteiger partial charge in [-0.3, -0.25) is 4.90 Å². The van der Waals surface area contributed by atoms with Gasteiger partial charge in [-0.1, -0.05) is 6.92 Å². The molecule has 1 aliphatic rings. The highest BCUT2D eigenvalue weighted by Crippen LogP contribution is 2.20. The van der Waals surface area contributed by atoms with E-state index in [0.717, 1.165) is 38.4 Å². The van der Waals surface area contributed by atoms with E-state index >= 15 is 0 Å². The van der Waals surface area contributed by atoms with Crippen LogP contribution in [0.3, 0.4) is 0 Å². The van der Waals surface area contributed by atoms with E-state index in [2.05, 4.69) is 30.1 Å². The maximum Gasteiger partial charge on any atom is 0.122 e. The van der Waals surface area contributed by atoms with Crippen LogP contribution in [-0.2, 0) is 17.8 Å².